The van der Waals surface area contributed by atoms with Gasteiger partial charge in [0.1, 0.15) is 23.3 Å². The molecule has 0 N–H and O–H groups in total. The number of rotatable bonds is 5. The van der Waals surface area contributed by atoms with E-state index in [0.717, 1.165) is 65.9 Å². The van der Waals surface area contributed by atoms with Gasteiger partial charge in [0.05, 0.1) is 34.8 Å². The van der Waals surface area contributed by atoms with Crippen LogP contribution in [0, 0.1) is 23.2 Å². The molecule has 3 aliphatic rings. The number of hydrogen-bond acceptors (Lipinski definition) is 7. The number of pyridine rings is 2. The zero-order valence-corrected chi connectivity index (χ0v) is 23.3. The zero-order chi connectivity index (χ0) is 26.4. The van der Waals surface area contributed by atoms with Gasteiger partial charge in [-0.25, -0.2) is 15.0 Å². The van der Waals surface area contributed by atoms with Gasteiger partial charge in [-0.15, -0.1) is 0 Å². The van der Waals surface area contributed by atoms with E-state index < -0.39 is 0 Å². The normalized spacial score (nSPS) is 25.4. The number of aromatic nitrogens is 4. The molecule has 0 unspecified atom stereocenters. The van der Waals surface area contributed by atoms with Crippen LogP contribution in [-0.4, -0.2) is 58.9 Å². The lowest BCUT2D eigenvalue weighted by Gasteiger charge is -2.39. The molecule has 1 aliphatic heterocycles. The second-order valence-corrected chi connectivity index (χ2v) is 11.9. The molecule has 2 atom stereocenters. The number of halogens is 1. The van der Waals surface area contributed by atoms with Gasteiger partial charge in [-0.05, 0) is 50.0 Å². The molecule has 8 nitrogen and oxygen atoms in total. The third-order valence-electron chi connectivity index (χ3n) is 8.65. The molecule has 6 rings (SSSR count). The van der Waals surface area contributed by atoms with E-state index in [0.29, 0.717) is 29.3 Å². The Bertz CT molecular complexity index is 1370. The van der Waals surface area contributed by atoms with Gasteiger partial charge in [-0.3, -0.25) is 0 Å². The number of hydrogen-bond donors (Lipinski definition) is 0. The van der Waals surface area contributed by atoms with Crippen molar-refractivity contribution in [1.29, 1.82) is 5.26 Å². The van der Waals surface area contributed by atoms with Gasteiger partial charge in [0.2, 0.25) is 5.95 Å². The number of morpholine rings is 1. The van der Waals surface area contributed by atoms with Crippen LogP contribution in [-0.2, 0) is 11.3 Å². The highest BCUT2D eigenvalue weighted by Gasteiger charge is 2.39. The van der Waals surface area contributed by atoms with Crippen molar-refractivity contribution in [3.8, 4) is 17.3 Å². The fraction of sp³-hybridized carbons (Fsp3) is 0.586. The zero-order valence-electron chi connectivity index (χ0n) is 22.5. The highest BCUT2D eigenvalue weighted by molar-refractivity contribution is 6.30. The predicted octanol–water partition coefficient (Wildman–Crippen LogP) is 5.67. The van der Waals surface area contributed by atoms with E-state index in [-0.39, 0.29) is 6.10 Å². The lowest BCUT2D eigenvalue weighted by Crippen LogP contribution is -2.49. The van der Waals surface area contributed by atoms with E-state index >= 15 is 0 Å². The highest BCUT2D eigenvalue weighted by atomic mass is 35.5. The summed E-state index contributed by atoms with van der Waals surface area (Å²) in [6.45, 7) is 4.78. The highest BCUT2D eigenvalue weighted by Crippen LogP contribution is 2.40. The number of imidazole rings is 1. The number of fused-ring (bicyclic) bond motifs is 2. The van der Waals surface area contributed by atoms with Crippen molar-refractivity contribution in [1.82, 2.24) is 19.5 Å². The summed E-state index contributed by atoms with van der Waals surface area (Å²) in [6.07, 6.45) is 10.3. The van der Waals surface area contributed by atoms with E-state index in [9.17, 15) is 5.26 Å². The Morgan fingerprint density at radius 2 is 1.95 bits per heavy atom. The molecule has 0 bridgehead atoms. The molecule has 2 saturated carbocycles. The summed E-state index contributed by atoms with van der Waals surface area (Å²) in [6, 6.07) is 6.34. The Kier molecular flexibility index (Phi) is 6.92. The molecule has 3 aromatic rings. The van der Waals surface area contributed by atoms with E-state index in [1.165, 1.54) is 32.1 Å². The Morgan fingerprint density at radius 3 is 2.71 bits per heavy atom. The molecule has 200 valence electrons. The molecular formula is C29H36ClN7O. The molecule has 0 aromatic carbocycles. The van der Waals surface area contributed by atoms with Crippen molar-refractivity contribution in [2.45, 2.75) is 70.6 Å². The summed E-state index contributed by atoms with van der Waals surface area (Å²) in [5.74, 6) is 3.12. The van der Waals surface area contributed by atoms with E-state index in [1.807, 2.05) is 31.1 Å². The topological polar surface area (TPSA) is 83.1 Å². The Balaban J connectivity index is 1.57. The van der Waals surface area contributed by atoms with Gasteiger partial charge in [-0.2, -0.15) is 5.26 Å². The third-order valence-corrected chi connectivity index (χ3v) is 8.85. The van der Waals surface area contributed by atoms with Crippen LogP contribution in [0.25, 0.3) is 22.3 Å². The van der Waals surface area contributed by atoms with Gasteiger partial charge in [0, 0.05) is 45.0 Å². The molecule has 3 aromatic heterocycles. The molecule has 0 amide bonds. The minimum absolute atomic E-state index is 0.261. The van der Waals surface area contributed by atoms with Crippen molar-refractivity contribution in [3.05, 3.63) is 29.0 Å². The summed E-state index contributed by atoms with van der Waals surface area (Å²) in [5.41, 5.74) is 3.65. The van der Waals surface area contributed by atoms with Crippen molar-refractivity contribution in [2.24, 2.45) is 11.8 Å². The van der Waals surface area contributed by atoms with Crippen LogP contribution in [0.1, 0.15) is 57.6 Å². The summed E-state index contributed by atoms with van der Waals surface area (Å²) >= 11 is 6.47. The molecule has 1 saturated heterocycles. The predicted molar refractivity (Wildman–Crippen MR) is 151 cm³/mol. The van der Waals surface area contributed by atoms with Crippen LogP contribution >= 0.6 is 11.6 Å². The smallest absolute Gasteiger partial charge is 0.207 e. The first-order chi connectivity index (χ1) is 18.4. The van der Waals surface area contributed by atoms with Gasteiger partial charge < -0.3 is 19.1 Å². The van der Waals surface area contributed by atoms with Gasteiger partial charge in [-0.1, -0.05) is 31.4 Å². The van der Waals surface area contributed by atoms with Crippen molar-refractivity contribution < 1.29 is 4.74 Å². The van der Waals surface area contributed by atoms with Crippen LogP contribution in [0.15, 0.2) is 18.3 Å². The summed E-state index contributed by atoms with van der Waals surface area (Å²) in [7, 11) is 3.93. The molecule has 0 spiro atoms. The first-order valence-electron chi connectivity index (χ1n) is 14.0. The summed E-state index contributed by atoms with van der Waals surface area (Å²) in [5, 5.41) is 10.4. The van der Waals surface area contributed by atoms with Gasteiger partial charge in [0.25, 0.3) is 0 Å². The molecule has 0 radical (unpaired) electrons. The van der Waals surface area contributed by atoms with Crippen LogP contribution in [0.2, 0.25) is 5.02 Å². The van der Waals surface area contributed by atoms with Crippen LogP contribution < -0.4 is 9.80 Å². The molecule has 38 heavy (non-hydrogen) atoms. The monoisotopic (exact) mass is 533 g/mol. The average molecular weight is 534 g/mol. The van der Waals surface area contributed by atoms with E-state index in [2.05, 4.69) is 27.4 Å². The summed E-state index contributed by atoms with van der Waals surface area (Å²) < 4.78 is 8.55. The first-order valence-corrected chi connectivity index (χ1v) is 14.3. The maximum Gasteiger partial charge on any atom is 0.207 e. The minimum Gasteiger partial charge on any atom is -0.374 e. The lowest BCUT2D eigenvalue weighted by atomic mass is 9.83. The quantitative estimate of drug-likeness (QED) is 0.418. The molecule has 3 fully saturated rings. The third kappa shape index (κ3) is 4.60. The molecule has 2 aliphatic carbocycles. The van der Waals surface area contributed by atoms with Crippen molar-refractivity contribution in [3.63, 3.8) is 0 Å². The molecule has 4 heterocycles. The fourth-order valence-corrected chi connectivity index (χ4v) is 6.85. The number of nitrogens with zero attached hydrogens (tertiary/aromatic N) is 7. The summed E-state index contributed by atoms with van der Waals surface area (Å²) in [4.78, 5) is 19.2. The number of nitriles is 1. The van der Waals surface area contributed by atoms with Crippen molar-refractivity contribution in [2.75, 3.05) is 37.0 Å². The van der Waals surface area contributed by atoms with Gasteiger partial charge in [0.15, 0.2) is 0 Å². The second-order valence-electron chi connectivity index (χ2n) is 11.5. The first kappa shape index (κ1) is 25.4. The molecular weight excluding hydrogens is 498 g/mol. The van der Waals surface area contributed by atoms with Crippen LogP contribution in [0.4, 0.5) is 11.8 Å². The Morgan fingerprint density at radius 1 is 1.13 bits per heavy atom. The SMILES string of the molecule is CN(C)c1ncc(Cl)cc1-c1nc(C#N)cc2nc(N3CCO[C@H]4CCC[C@@H]43)n(C[C@H]3CC[C@H](C)CC3)c12. The van der Waals surface area contributed by atoms with Crippen molar-refractivity contribution >= 4 is 34.4 Å². The minimum atomic E-state index is 0.261. The van der Waals surface area contributed by atoms with E-state index in [1.54, 1.807) is 6.20 Å². The van der Waals surface area contributed by atoms with E-state index in [4.69, 9.17) is 26.3 Å². The maximum absolute atomic E-state index is 9.91. The standard InChI is InChI=1S/C29H36ClN7O/c1-18-7-9-19(10-8-18)17-37-27-23(34-29(37)36-11-12-38-25-6-4-5-24(25)36)14-21(15-31)33-26(27)22-13-20(30)16-32-28(22)35(2)3/h13-14,16,18-19,24-25H,4-12,17H2,1-3H3/t18-,19-,24-,25-/m0/s1. The lowest BCUT2D eigenvalue weighted by molar-refractivity contribution is 0.0247. The maximum atomic E-state index is 9.91. The van der Waals surface area contributed by atoms with Crippen LogP contribution in [0.3, 0.4) is 0 Å². The molecule has 9 heteroatoms. The van der Waals surface area contributed by atoms with Gasteiger partial charge >= 0.3 is 0 Å². The number of anilines is 2. The Hall–Kier alpha value is -2.89. The second kappa shape index (κ2) is 10.3. The van der Waals surface area contributed by atoms with Crippen LogP contribution in [0.5, 0.6) is 0 Å². The number of ether oxygens (including phenoxy) is 1. The largest absolute Gasteiger partial charge is 0.374 e. The Labute approximate surface area is 229 Å². The average Bonchev–Trinajstić information content (AvgIpc) is 3.54. The fourth-order valence-electron chi connectivity index (χ4n) is 6.69.